The van der Waals surface area contributed by atoms with Crippen molar-refractivity contribution < 1.29 is 9.47 Å². The summed E-state index contributed by atoms with van der Waals surface area (Å²) in [5.74, 6) is 0. The maximum absolute atomic E-state index is 5.82. The SMILES string of the molecule is CCCCCCC=C(I)OC1CCCOC1. The van der Waals surface area contributed by atoms with Crippen LogP contribution in [0.3, 0.4) is 0 Å². The highest BCUT2D eigenvalue weighted by Gasteiger charge is 2.15. The third-order valence-electron chi connectivity index (χ3n) is 2.76. The van der Waals surface area contributed by atoms with Gasteiger partial charge in [0.25, 0.3) is 0 Å². The van der Waals surface area contributed by atoms with Crippen LogP contribution in [0.15, 0.2) is 9.84 Å². The highest BCUT2D eigenvalue weighted by Crippen LogP contribution is 2.19. The van der Waals surface area contributed by atoms with Gasteiger partial charge in [-0.1, -0.05) is 26.2 Å². The molecule has 16 heavy (non-hydrogen) atoms. The van der Waals surface area contributed by atoms with Crippen LogP contribution in [0.1, 0.15) is 51.9 Å². The molecule has 0 aromatic rings. The molecule has 1 atom stereocenters. The van der Waals surface area contributed by atoms with Crippen LogP contribution in [-0.4, -0.2) is 19.3 Å². The largest absolute Gasteiger partial charge is 0.482 e. The van der Waals surface area contributed by atoms with E-state index in [9.17, 15) is 0 Å². The summed E-state index contributed by atoms with van der Waals surface area (Å²) in [6.45, 7) is 3.90. The molecular formula is C13H23IO2. The summed E-state index contributed by atoms with van der Waals surface area (Å²) in [5, 5.41) is 0. The first-order valence-electron chi connectivity index (χ1n) is 6.43. The molecule has 94 valence electrons. The minimum absolute atomic E-state index is 0.285. The van der Waals surface area contributed by atoms with Gasteiger partial charge in [0.05, 0.1) is 6.61 Å². The fourth-order valence-electron chi connectivity index (χ4n) is 1.80. The Morgan fingerprint density at radius 3 is 3.00 bits per heavy atom. The summed E-state index contributed by atoms with van der Waals surface area (Å²) in [5.41, 5.74) is 0. The summed E-state index contributed by atoms with van der Waals surface area (Å²) in [6.07, 6.45) is 11.2. The Hall–Kier alpha value is 0.230. The van der Waals surface area contributed by atoms with E-state index in [1.165, 1.54) is 25.7 Å². The van der Waals surface area contributed by atoms with E-state index in [2.05, 4.69) is 35.6 Å². The Labute approximate surface area is 113 Å². The van der Waals surface area contributed by atoms with Gasteiger partial charge in [-0.05, 0) is 54.4 Å². The lowest BCUT2D eigenvalue weighted by Gasteiger charge is -2.22. The van der Waals surface area contributed by atoms with Crippen molar-refractivity contribution in [2.24, 2.45) is 0 Å². The molecule has 3 heteroatoms. The smallest absolute Gasteiger partial charge is 0.153 e. The Morgan fingerprint density at radius 2 is 2.31 bits per heavy atom. The molecule has 0 amide bonds. The summed E-state index contributed by atoms with van der Waals surface area (Å²) in [6, 6.07) is 0. The molecule has 0 saturated carbocycles. The number of halogens is 1. The summed E-state index contributed by atoms with van der Waals surface area (Å²) < 4.78 is 12.3. The molecule has 1 unspecified atom stereocenters. The van der Waals surface area contributed by atoms with Gasteiger partial charge in [-0.25, -0.2) is 0 Å². The van der Waals surface area contributed by atoms with E-state index in [0.717, 1.165) is 36.2 Å². The fourth-order valence-corrected chi connectivity index (χ4v) is 2.47. The second-order valence-corrected chi connectivity index (χ2v) is 5.38. The van der Waals surface area contributed by atoms with E-state index in [-0.39, 0.29) is 6.10 Å². The first kappa shape index (κ1) is 14.3. The zero-order valence-electron chi connectivity index (χ0n) is 10.2. The van der Waals surface area contributed by atoms with Crippen LogP contribution >= 0.6 is 22.6 Å². The standard InChI is InChI=1S/C13H23IO2/c1-2-3-4-5-6-9-13(14)16-12-8-7-10-15-11-12/h9,12H,2-8,10-11H2,1H3. The van der Waals surface area contributed by atoms with E-state index in [1.807, 2.05) is 0 Å². The molecule has 0 aromatic heterocycles. The Balaban J connectivity index is 2.07. The van der Waals surface area contributed by atoms with Crippen LogP contribution in [0.4, 0.5) is 0 Å². The molecule has 0 radical (unpaired) electrons. The number of hydrogen-bond acceptors (Lipinski definition) is 2. The topological polar surface area (TPSA) is 18.5 Å². The number of unbranched alkanes of at least 4 members (excludes halogenated alkanes) is 4. The van der Waals surface area contributed by atoms with Gasteiger partial charge in [-0.2, -0.15) is 0 Å². The van der Waals surface area contributed by atoms with Crippen molar-refractivity contribution in [1.82, 2.24) is 0 Å². The van der Waals surface area contributed by atoms with Crippen molar-refractivity contribution in [3.8, 4) is 0 Å². The van der Waals surface area contributed by atoms with E-state index in [1.54, 1.807) is 0 Å². The van der Waals surface area contributed by atoms with Crippen LogP contribution in [0, 0.1) is 0 Å². The minimum Gasteiger partial charge on any atom is -0.482 e. The summed E-state index contributed by atoms with van der Waals surface area (Å²) >= 11 is 2.29. The second kappa shape index (κ2) is 9.28. The van der Waals surface area contributed by atoms with Gasteiger partial charge in [0.2, 0.25) is 0 Å². The molecule has 1 saturated heterocycles. The zero-order chi connectivity index (χ0) is 11.6. The van der Waals surface area contributed by atoms with Crippen molar-refractivity contribution in [3.05, 3.63) is 9.84 Å². The van der Waals surface area contributed by atoms with Crippen LogP contribution < -0.4 is 0 Å². The molecule has 0 aromatic carbocycles. The second-order valence-electron chi connectivity index (χ2n) is 4.31. The Morgan fingerprint density at radius 1 is 1.44 bits per heavy atom. The Kier molecular flexibility index (Phi) is 8.29. The first-order chi connectivity index (χ1) is 7.83. The fraction of sp³-hybridized carbons (Fsp3) is 0.846. The average Bonchev–Trinajstić information content (AvgIpc) is 2.30. The Bertz CT molecular complexity index is 198. The van der Waals surface area contributed by atoms with Crippen molar-refractivity contribution in [1.29, 1.82) is 0 Å². The van der Waals surface area contributed by atoms with E-state index in [4.69, 9.17) is 9.47 Å². The number of hydrogen-bond donors (Lipinski definition) is 0. The van der Waals surface area contributed by atoms with Gasteiger partial charge >= 0.3 is 0 Å². The number of allylic oxidation sites excluding steroid dienone is 1. The van der Waals surface area contributed by atoms with Crippen molar-refractivity contribution in [2.45, 2.75) is 58.0 Å². The molecule has 1 aliphatic rings. The lowest BCUT2D eigenvalue weighted by atomic mass is 10.1. The molecule has 2 nitrogen and oxygen atoms in total. The summed E-state index contributed by atoms with van der Waals surface area (Å²) in [7, 11) is 0. The molecular weight excluding hydrogens is 315 g/mol. The zero-order valence-corrected chi connectivity index (χ0v) is 12.4. The molecule has 1 aliphatic heterocycles. The first-order valence-corrected chi connectivity index (χ1v) is 7.51. The van der Waals surface area contributed by atoms with Crippen LogP contribution in [0.5, 0.6) is 0 Å². The van der Waals surface area contributed by atoms with Crippen LogP contribution in [-0.2, 0) is 9.47 Å². The van der Waals surface area contributed by atoms with E-state index in [0.29, 0.717) is 0 Å². The molecule has 1 rings (SSSR count). The van der Waals surface area contributed by atoms with Crippen LogP contribution in [0.25, 0.3) is 0 Å². The van der Waals surface area contributed by atoms with Crippen molar-refractivity contribution in [3.63, 3.8) is 0 Å². The molecule has 0 aliphatic carbocycles. The predicted molar refractivity (Wildman–Crippen MR) is 75.8 cm³/mol. The third kappa shape index (κ3) is 6.74. The normalized spacial score (nSPS) is 22.1. The molecule has 0 N–H and O–H groups in total. The molecule has 0 spiro atoms. The van der Waals surface area contributed by atoms with Crippen LogP contribution in [0.2, 0.25) is 0 Å². The van der Waals surface area contributed by atoms with E-state index >= 15 is 0 Å². The van der Waals surface area contributed by atoms with E-state index < -0.39 is 0 Å². The number of ether oxygens (including phenoxy) is 2. The van der Waals surface area contributed by atoms with Gasteiger partial charge in [0.15, 0.2) is 3.77 Å². The molecule has 1 fully saturated rings. The predicted octanol–water partition coefficient (Wildman–Crippen LogP) is 4.43. The highest BCUT2D eigenvalue weighted by atomic mass is 127. The number of rotatable bonds is 7. The lowest BCUT2D eigenvalue weighted by Crippen LogP contribution is -2.24. The van der Waals surface area contributed by atoms with Gasteiger partial charge < -0.3 is 9.47 Å². The molecule has 1 heterocycles. The quantitative estimate of drug-likeness (QED) is 0.388. The average molecular weight is 338 g/mol. The van der Waals surface area contributed by atoms with Crippen molar-refractivity contribution in [2.75, 3.05) is 13.2 Å². The lowest BCUT2D eigenvalue weighted by molar-refractivity contribution is -0.0148. The van der Waals surface area contributed by atoms with Gasteiger partial charge in [0, 0.05) is 6.61 Å². The highest BCUT2D eigenvalue weighted by molar-refractivity contribution is 14.1. The maximum Gasteiger partial charge on any atom is 0.153 e. The minimum atomic E-state index is 0.285. The molecule has 0 bridgehead atoms. The summed E-state index contributed by atoms with van der Waals surface area (Å²) in [4.78, 5) is 0. The monoisotopic (exact) mass is 338 g/mol. The van der Waals surface area contributed by atoms with Crippen molar-refractivity contribution >= 4 is 22.6 Å². The maximum atomic E-state index is 5.82. The third-order valence-corrected chi connectivity index (χ3v) is 3.45. The van der Waals surface area contributed by atoms with Gasteiger partial charge in [-0.3, -0.25) is 0 Å². The van der Waals surface area contributed by atoms with Gasteiger partial charge in [0.1, 0.15) is 6.10 Å². The van der Waals surface area contributed by atoms with Gasteiger partial charge in [-0.15, -0.1) is 0 Å².